The van der Waals surface area contributed by atoms with E-state index in [0.29, 0.717) is 6.04 Å². The summed E-state index contributed by atoms with van der Waals surface area (Å²) in [6.45, 7) is 5.97. The molecular formula is C16H25N3. The van der Waals surface area contributed by atoms with Crippen LogP contribution in [0.2, 0.25) is 0 Å². The van der Waals surface area contributed by atoms with Crippen molar-refractivity contribution in [3.05, 3.63) is 35.9 Å². The molecule has 3 rings (SSSR count). The molecule has 0 radical (unpaired) electrons. The fourth-order valence-electron chi connectivity index (χ4n) is 3.20. The van der Waals surface area contributed by atoms with Gasteiger partial charge in [0.15, 0.2) is 0 Å². The van der Waals surface area contributed by atoms with Crippen molar-refractivity contribution < 1.29 is 0 Å². The molecule has 1 aromatic carbocycles. The van der Waals surface area contributed by atoms with Crippen molar-refractivity contribution in [2.24, 2.45) is 0 Å². The normalized spacial score (nSPS) is 25.8. The average Bonchev–Trinajstić information content (AvgIpc) is 2.88. The van der Waals surface area contributed by atoms with Crippen LogP contribution >= 0.6 is 0 Å². The fraction of sp³-hybridized carbons (Fsp3) is 0.625. The van der Waals surface area contributed by atoms with E-state index in [-0.39, 0.29) is 0 Å². The van der Waals surface area contributed by atoms with E-state index in [1.54, 1.807) is 0 Å². The van der Waals surface area contributed by atoms with Crippen molar-refractivity contribution in [1.29, 1.82) is 0 Å². The highest BCUT2D eigenvalue weighted by molar-refractivity contribution is 5.14. The van der Waals surface area contributed by atoms with Crippen LogP contribution in [0.1, 0.15) is 31.2 Å². The van der Waals surface area contributed by atoms with Crippen LogP contribution in [0.15, 0.2) is 30.3 Å². The Morgan fingerprint density at radius 3 is 2.58 bits per heavy atom. The van der Waals surface area contributed by atoms with Crippen molar-refractivity contribution in [1.82, 2.24) is 15.3 Å². The highest BCUT2D eigenvalue weighted by atomic mass is 15.5. The Morgan fingerprint density at radius 2 is 1.79 bits per heavy atom. The molecule has 0 bridgehead atoms. The Labute approximate surface area is 116 Å². The SMILES string of the molecule is c1ccc(CN2CCC(NN3CCCCC3)C2)cc1. The van der Waals surface area contributed by atoms with E-state index >= 15 is 0 Å². The number of hydrogen-bond acceptors (Lipinski definition) is 3. The lowest BCUT2D eigenvalue weighted by molar-refractivity contribution is 0.128. The van der Waals surface area contributed by atoms with Crippen LogP contribution in [0, 0.1) is 0 Å². The molecule has 1 atom stereocenters. The van der Waals surface area contributed by atoms with Gasteiger partial charge in [0, 0.05) is 38.8 Å². The Hall–Kier alpha value is -0.900. The van der Waals surface area contributed by atoms with Gasteiger partial charge < -0.3 is 0 Å². The maximum Gasteiger partial charge on any atom is 0.0354 e. The number of piperidine rings is 1. The van der Waals surface area contributed by atoms with E-state index in [0.717, 1.165) is 6.54 Å². The lowest BCUT2D eigenvalue weighted by Crippen LogP contribution is -2.48. The van der Waals surface area contributed by atoms with Gasteiger partial charge >= 0.3 is 0 Å². The molecule has 1 aromatic rings. The molecule has 2 aliphatic rings. The van der Waals surface area contributed by atoms with Gasteiger partial charge in [-0.2, -0.15) is 0 Å². The number of rotatable bonds is 4. The maximum absolute atomic E-state index is 3.73. The van der Waals surface area contributed by atoms with Crippen LogP contribution in [0.25, 0.3) is 0 Å². The number of hydrogen-bond donors (Lipinski definition) is 1. The lowest BCUT2D eigenvalue weighted by Gasteiger charge is -2.30. The van der Waals surface area contributed by atoms with E-state index in [1.807, 2.05) is 0 Å². The third kappa shape index (κ3) is 3.78. The van der Waals surface area contributed by atoms with Crippen molar-refractivity contribution in [2.75, 3.05) is 26.2 Å². The van der Waals surface area contributed by atoms with E-state index in [1.165, 1.54) is 57.4 Å². The zero-order valence-corrected chi connectivity index (χ0v) is 11.7. The molecule has 104 valence electrons. The maximum atomic E-state index is 3.73. The average molecular weight is 259 g/mol. The molecule has 3 heteroatoms. The molecule has 1 N–H and O–H groups in total. The molecule has 0 saturated carbocycles. The zero-order valence-electron chi connectivity index (χ0n) is 11.7. The van der Waals surface area contributed by atoms with Gasteiger partial charge in [0.25, 0.3) is 0 Å². The Bertz CT molecular complexity index is 373. The minimum atomic E-state index is 0.654. The van der Waals surface area contributed by atoms with E-state index in [4.69, 9.17) is 0 Å². The third-order valence-corrected chi connectivity index (χ3v) is 4.24. The highest BCUT2D eigenvalue weighted by Gasteiger charge is 2.24. The molecule has 1 unspecified atom stereocenters. The van der Waals surface area contributed by atoms with Crippen LogP contribution in [0.5, 0.6) is 0 Å². The largest absolute Gasteiger partial charge is 0.297 e. The zero-order chi connectivity index (χ0) is 12.9. The summed E-state index contributed by atoms with van der Waals surface area (Å²) in [4.78, 5) is 2.57. The summed E-state index contributed by atoms with van der Waals surface area (Å²) in [5.41, 5.74) is 5.16. The predicted octanol–water partition coefficient (Wildman–Crippen LogP) is 2.25. The molecule has 19 heavy (non-hydrogen) atoms. The standard InChI is InChI=1S/C16H25N3/c1-3-7-15(8-4-1)13-18-12-9-16(14-18)17-19-10-5-2-6-11-19/h1,3-4,7-8,16-17H,2,5-6,9-14H2. The van der Waals surface area contributed by atoms with Crippen LogP contribution in [0.4, 0.5) is 0 Å². The lowest BCUT2D eigenvalue weighted by atomic mass is 10.1. The molecule has 0 spiro atoms. The molecule has 0 aliphatic carbocycles. The van der Waals surface area contributed by atoms with Gasteiger partial charge in [-0.05, 0) is 24.8 Å². The second kappa shape index (κ2) is 6.51. The van der Waals surface area contributed by atoms with Gasteiger partial charge in [-0.1, -0.05) is 36.8 Å². The molecular weight excluding hydrogens is 234 g/mol. The number of likely N-dealkylation sites (tertiary alicyclic amines) is 1. The van der Waals surface area contributed by atoms with Crippen LogP contribution in [0.3, 0.4) is 0 Å². The first-order chi connectivity index (χ1) is 9.40. The molecule has 3 nitrogen and oxygen atoms in total. The summed E-state index contributed by atoms with van der Waals surface area (Å²) < 4.78 is 0. The Balaban J connectivity index is 1.44. The van der Waals surface area contributed by atoms with Gasteiger partial charge in [-0.15, -0.1) is 0 Å². The quantitative estimate of drug-likeness (QED) is 0.895. The summed E-state index contributed by atoms with van der Waals surface area (Å²) >= 11 is 0. The summed E-state index contributed by atoms with van der Waals surface area (Å²) in [5.74, 6) is 0. The second-order valence-corrected chi connectivity index (χ2v) is 5.88. The second-order valence-electron chi connectivity index (χ2n) is 5.88. The van der Waals surface area contributed by atoms with Crippen LogP contribution in [-0.4, -0.2) is 42.1 Å². The minimum Gasteiger partial charge on any atom is -0.297 e. The molecule has 2 saturated heterocycles. The summed E-state index contributed by atoms with van der Waals surface area (Å²) in [5, 5.41) is 2.44. The molecule has 0 aromatic heterocycles. The summed E-state index contributed by atoms with van der Waals surface area (Å²) in [7, 11) is 0. The van der Waals surface area contributed by atoms with Gasteiger partial charge in [0.2, 0.25) is 0 Å². The smallest absolute Gasteiger partial charge is 0.0354 e. The van der Waals surface area contributed by atoms with E-state index in [9.17, 15) is 0 Å². The minimum absolute atomic E-state index is 0.654. The topological polar surface area (TPSA) is 18.5 Å². The summed E-state index contributed by atoms with van der Waals surface area (Å²) in [6.07, 6.45) is 5.40. The Morgan fingerprint density at radius 1 is 1.00 bits per heavy atom. The van der Waals surface area contributed by atoms with Gasteiger partial charge in [0.1, 0.15) is 0 Å². The van der Waals surface area contributed by atoms with Crippen molar-refractivity contribution in [2.45, 2.75) is 38.3 Å². The first kappa shape index (κ1) is 13.1. The molecule has 2 fully saturated rings. The monoisotopic (exact) mass is 259 g/mol. The fourth-order valence-corrected chi connectivity index (χ4v) is 3.20. The van der Waals surface area contributed by atoms with Crippen molar-refractivity contribution in [3.63, 3.8) is 0 Å². The summed E-state index contributed by atoms with van der Waals surface area (Å²) in [6, 6.07) is 11.5. The van der Waals surface area contributed by atoms with Crippen LogP contribution < -0.4 is 5.43 Å². The third-order valence-electron chi connectivity index (χ3n) is 4.24. The highest BCUT2D eigenvalue weighted by Crippen LogP contribution is 2.15. The van der Waals surface area contributed by atoms with Crippen molar-refractivity contribution in [3.8, 4) is 0 Å². The number of nitrogens with zero attached hydrogens (tertiary/aromatic N) is 2. The number of benzene rings is 1. The number of nitrogens with one attached hydrogen (secondary N) is 1. The first-order valence-corrected chi connectivity index (χ1v) is 7.67. The van der Waals surface area contributed by atoms with Gasteiger partial charge in [-0.3, -0.25) is 10.3 Å². The predicted molar refractivity (Wildman–Crippen MR) is 78.7 cm³/mol. The van der Waals surface area contributed by atoms with Crippen LogP contribution in [-0.2, 0) is 6.54 Å². The first-order valence-electron chi connectivity index (χ1n) is 7.67. The van der Waals surface area contributed by atoms with E-state index < -0.39 is 0 Å². The molecule has 2 heterocycles. The molecule has 2 aliphatic heterocycles. The molecule has 0 amide bonds. The number of hydrazine groups is 1. The Kier molecular flexibility index (Phi) is 4.49. The van der Waals surface area contributed by atoms with Gasteiger partial charge in [-0.25, -0.2) is 5.01 Å². The van der Waals surface area contributed by atoms with Crippen molar-refractivity contribution >= 4 is 0 Å². The van der Waals surface area contributed by atoms with E-state index in [2.05, 4.69) is 45.7 Å². The van der Waals surface area contributed by atoms with Gasteiger partial charge in [0.05, 0.1) is 0 Å².